The molecule has 112 valence electrons. The molecule has 1 N–H and O–H groups in total. The molecule has 0 radical (unpaired) electrons. The van der Waals surface area contributed by atoms with Crippen LogP contribution in [0.2, 0.25) is 0 Å². The van der Waals surface area contributed by atoms with Crippen LogP contribution in [0, 0.1) is 13.8 Å². The number of aromatic nitrogens is 2. The number of benzene rings is 1. The van der Waals surface area contributed by atoms with E-state index in [-0.39, 0.29) is 5.91 Å². The summed E-state index contributed by atoms with van der Waals surface area (Å²) in [4.78, 5) is 17.0. The van der Waals surface area contributed by atoms with Crippen LogP contribution in [-0.2, 0) is 0 Å². The van der Waals surface area contributed by atoms with Gasteiger partial charge in [0.1, 0.15) is 5.75 Å². The smallest absolute Gasteiger partial charge is 0.259 e. The fourth-order valence-electron chi connectivity index (χ4n) is 2.42. The number of nitrogens with one attached hydrogen (secondary N) is 1. The van der Waals surface area contributed by atoms with Crippen LogP contribution in [0.25, 0.3) is 5.65 Å². The predicted molar refractivity (Wildman–Crippen MR) is 85.6 cm³/mol. The first-order valence-corrected chi connectivity index (χ1v) is 7.00. The topological polar surface area (TPSA) is 55.6 Å². The monoisotopic (exact) mass is 295 g/mol. The summed E-state index contributed by atoms with van der Waals surface area (Å²) in [5.41, 5.74) is 3.91. The number of pyridine rings is 1. The molecule has 0 saturated heterocycles. The molecule has 3 aromatic rings. The van der Waals surface area contributed by atoms with Gasteiger partial charge in [0.2, 0.25) is 0 Å². The first-order valence-electron chi connectivity index (χ1n) is 7.00. The fraction of sp³-hybridized carbons (Fsp3) is 0.176. The molecule has 0 aliphatic heterocycles. The number of amides is 1. The van der Waals surface area contributed by atoms with Crippen molar-refractivity contribution < 1.29 is 9.53 Å². The highest BCUT2D eigenvalue weighted by Crippen LogP contribution is 2.22. The van der Waals surface area contributed by atoms with Crippen molar-refractivity contribution in [2.24, 2.45) is 0 Å². The lowest BCUT2D eigenvalue weighted by Crippen LogP contribution is -2.14. The maximum Gasteiger partial charge on any atom is 0.259 e. The van der Waals surface area contributed by atoms with Gasteiger partial charge >= 0.3 is 0 Å². The minimum Gasteiger partial charge on any atom is -0.496 e. The highest BCUT2D eigenvalue weighted by atomic mass is 16.5. The second kappa shape index (κ2) is 5.52. The van der Waals surface area contributed by atoms with E-state index in [1.165, 1.54) is 0 Å². The summed E-state index contributed by atoms with van der Waals surface area (Å²) >= 11 is 0. The molecule has 0 aliphatic carbocycles. The van der Waals surface area contributed by atoms with E-state index in [2.05, 4.69) is 10.3 Å². The number of anilines is 1. The third kappa shape index (κ3) is 2.30. The SMILES string of the molecule is COc1ccccc1C(=O)Nc1cccn2c(C)c(C)nc12. The number of ether oxygens (including phenoxy) is 1. The number of rotatable bonds is 3. The van der Waals surface area contributed by atoms with Gasteiger partial charge in [0, 0.05) is 11.9 Å². The number of methoxy groups -OCH3 is 1. The molecular weight excluding hydrogens is 278 g/mol. The van der Waals surface area contributed by atoms with Crippen molar-refractivity contribution in [3.05, 3.63) is 59.5 Å². The Balaban J connectivity index is 2.00. The molecule has 0 atom stereocenters. The van der Waals surface area contributed by atoms with E-state index in [1.54, 1.807) is 19.2 Å². The first-order chi connectivity index (χ1) is 10.6. The van der Waals surface area contributed by atoms with Crippen molar-refractivity contribution >= 4 is 17.2 Å². The van der Waals surface area contributed by atoms with Gasteiger partial charge in [-0.3, -0.25) is 4.79 Å². The van der Waals surface area contributed by atoms with Crippen molar-refractivity contribution in [1.29, 1.82) is 0 Å². The van der Waals surface area contributed by atoms with Gasteiger partial charge in [-0.05, 0) is 38.1 Å². The van der Waals surface area contributed by atoms with E-state index in [9.17, 15) is 4.79 Å². The Morgan fingerprint density at radius 3 is 2.73 bits per heavy atom. The number of hydrogen-bond acceptors (Lipinski definition) is 3. The second-order valence-corrected chi connectivity index (χ2v) is 5.05. The molecule has 5 nitrogen and oxygen atoms in total. The van der Waals surface area contributed by atoms with Gasteiger partial charge in [-0.15, -0.1) is 0 Å². The minimum atomic E-state index is -0.219. The fourth-order valence-corrected chi connectivity index (χ4v) is 2.42. The molecule has 0 bridgehead atoms. The average molecular weight is 295 g/mol. The summed E-state index contributed by atoms with van der Waals surface area (Å²) in [5, 5.41) is 2.91. The second-order valence-electron chi connectivity index (χ2n) is 5.05. The zero-order valence-corrected chi connectivity index (χ0v) is 12.8. The van der Waals surface area contributed by atoms with Gasteiger partial charge in [0.15, 0.2) is 5.65 Å². The summed E-state index contributed by atoms with van der Waals surface area (Å²) in [5.74, 6) is 0.325. The molecule has 2 aromatic heterocycles. The molecule has 0 aliphatic rings. The lowest BCUT2D eigenvalue weighted by atomic mass is 10.2. The molecule has 0 fully saturated rings. The number of nitrogens with zero attached hydrogens (tertiary/aromatic N) is 2. The zero-order chi connectivity index (χ0) is 15.7. The quantitative estimate of drug-likeness (QED) is 0.807. The van der Waals surface area contributed by atoms with Crippen LogP contribution in [0.3, 0.4) is 0 Å². The number of hydrogen-bond donors (Lipinski definition) is 1. The van der Waals surface area contributed by atoms with E-state index in [0.717, 1.165) is 17.0 Å². The van der Waals surface area contributed by atoms with E-state index in [0.29, 0.717) is 17.0 Å². The summed E-state index contributed by atoms with van der Waals surface area (Å²) in [6.07, 6.45) is 1.93. The highest BCUT2D eigenvalue weighted by Gasteiger charge is 2.14. The summed E-state index contributed by atoms with van der Waals surface area (Å²) in [6, 6.07) is 10.9. The first kappa shape index (κ1) is 14.1. The molecule has 1 aromatic carbocycles. The van der Waals surface area contributed by atoms with Crippen LogP contribution in [0.4, 0.5) is 5.69 Å². The van der Waals surface area contributed by atoms with Gasteiger partial charge in [0.05, 0.1) is 24.1 Å². The van der Waals surface area contributed by atoms with E-state index in [1.807, 2.05) is 48.7 Å². The maximum absolute atomic E-state index is 12.5. The minimum absolute atomic E-state index is 0.219. The Bertz CT molecular complexity index is 852. The predicted octanol–water partition coefficient (Wildman–Crippen LogP) is 3.21. The Hall–Kier alpha value is -2.82. The normalized spacial score (nSPS) is 10.7. The van der Waals surface area contributed by atoms with Crippen molar-refractivity contribution in [3.63, 3.8) is 0 Å². The number of aryl methyl sites for hydroxylation is 2. The van der Waals surface area contributed by atoms with Crippen LogP contribution >= 0.6 is 0 Å². The largest absolute Gasteiger partial charge is 0.496 e. The van der Waals surface area contributed by atoms with Crippen LogP contribution in [0.1, 0.15) is 21.7 Å². The molecular formula is C17H17N3O2. The third-order valence-corrected chi connectivity index (χ3v) is 3.73. The van der Waals surface area contributed by atoms with E-state index in [4.69, 9.17) is 4.74 Å². The molecule has 0 spiro atoms. The van der Waals surface area contributed by atoms with Crippen molar-refractivity contribution in [2.45, 2.75) is 13.8 Å². The maximum atomic E-state index is 12.5. The number of para-hydroxylation sites is 1. The highest BCUT2D eigenvalue weighted by molar-refractivity contribution is 6.07. The lowest BCUT2D eigenvalue weighted by Gasteiger charge is -2.10. The standard InChI is InChI=1S/C17H17N3O2/c1-11-12(2)20-10-6-8-14(16(20)18-11)19-17(21)13-7-4-5-9-15(13)22-3/h4-10H,1-3H3,(H,19,21). The molecule has 0 unspecified atom stereocenters. The van der Waals surface area contributed by atoms with Gasteiger partial charge in [0.25, 0.3) is 5.91 Å². The average Bonchev–Trinajstić information content (AvgIpc) is 2.83. The van der Waals surface area contributed by atoms with E-state index >= 15 is 0 Å². The Morgan fingerprint density at radius 1 is 1.18 bits per heavy atom. The molecule has 2 heterocycles. The molecule has 5 heteroatoms. The van der Waals surface area contributed by atoms with Crippen molar-refractivity contribution in [2.75, 3.05) is 12.4 Å². The Labute approximate surface area is 128 Å². The van der Waals surface area contributed by atoms with E-state index < -0.39 is 0 Å². The number of carbonyl (C=O) groups excluding carboxylic acids is 1. The van der Waals surface area contributed by atoms with Gasteiger partial charge < -0.3 is 14.5 Å². The van der Waals surface area contributed by atoms with Crippen LogP contribution in [-0.4, -0.2) is 22.4 Å². The number of imidazole rings is 1. The molecule has 1 amide bonds. The van der Waals surface area contributed by atoms with Crippen LogP contribution in [0.5, 0.6) is 5.75 Å². The summed E-state index contributed by atoms with van der Waals surface area (Å²) < 4.78 is 7.20. The summed E-state index contributed by atoms with van der Waals surface area (Å²) in [6.45, 7) is 3.95. The molecule has 3 rings (SSSR count). The van der Waals surface area contributed by atoms with Crippen LogP contribution in [0.15, 0.2) is 42.6 Å². The summed E-state index contributed by atoms with van der Waals surface area (Å²) in [7, 11) is 1.55. The van der Waals surface area contributed by atoms with Crippen molar-refractivity contribution in [3.8, 4) is 5.75 Å². The lowest BCUT2D eigenvalue weighted by molar-refractivity contribution is 0.102. The van der Waals surface area contributed by atoms with Crippen LogP contribution < -0.4 is 10.1 Å². The van der Waals surface area contributed by atoms with Gasteiger partial charge in [-0.1, -0.05) is 12.1 Å². The molecule has 22 heavy (non-hydrogen) atoms. The van der Waals surface area contributed by atoms with Crippen molar-refractivity contribution in [1.82, 2.24) is 9.38 Å². The molecule has 0 saturated carbocycles. The number of carbonyl (C=O) groups is 1. The Kier molecular flexibility index (Phi) is 3.55. The van der Waals surface area contributed by atoms with Gasteiger partial charge in [-0.2, -0.15) is 0 Å². The zero-order valence-electron chi connectivity index (χ0n) is 12.8. The Morgan fingerprint density at radius 2 is 1.95 bits per heavy atom. The van der Waals surface area contributed by atoms with Gasteiger partial charge in [-0.25, -0.2) is 4.98 Å². The third-order valence-electron chi connectivity index (χ3n) is 3.73. The number of fused-ring (bicyclic) bond motifs is 1.